The number of nitrogens with two attached hydrogens (primary N) is 1. The molecule has 0 radical (unpaired) electrons. The van der Waals surface area contributed by atoms with Crippen molar-refractivity contribution in [1.29, 1.82) is 0 Å². The van der Waals surface area contributed by atoms with Crippen LogP contribution in [0.15, 0.2) is 23.1 Å². The van der Waals surface area contributed by atoms with E-state index in [2.05, 4.69) is 20.3 Å². The molecule has 4 heterocycles. The standard InChI is InChI=1S/C27H26ClF4N7O/c1-11(2)22-24(12(3)5-6-35-22)39-26-14(25(37-27(39)40)38-8-7-34-13(4)10-38)9-15(29)23(36-26)16-17(28)19(31)20(32)21(33)18(16)30/h5-6,9,11,13,34H,7-8,10,33H2,1-4H3/t13-/m1/s1. The van der Waals surface area contributed by atoms with Gasteiger partial charge in [-0.2, -0.15) is 4.98 Å². The number of rotatable bonds is 4. The molecule has 4 aromatic rings. The maximum atomic E-state index is 15.8. The maximum absolute atomic E-state index is 15.8. The molecular weight excluding hydrogens is 550 g/mol. The molecule has 0 unspecified atom stereocenters. The monoisotopic (exact) mass is 575 g/mol. The van der Waals surface area contributed by atoms with E-state index in [-0.39, 0.29) is 28.8 Å². The molecule has 3 aromatic heterocycles. The topological polar surface area (TPSA) is 102 Å². The van der Waals surface area contributed by atoms with E-state index in [0.717, 1.165) is 6.07 Å². The van der Waals surface area contributed by atoms with Crippen LogP contribution in [-0.4, -0.2) is 45.2 Å². The van der Waals surface area contributed by atoms with Crippen LogP contribution < -0.4 is 21.6 Å². The van der Waals surface area contributed by atoms with Crippen LogP contribution in [-0.2, 0) is 0 Å². The van der Waals surface area contributed by atoms with E-state index >= 15 is 8.78 Å². The number of pyridine rings is 2. The predicted octanol–water partition coefficient (Wildman–Crippen LogP) is 4.86. The molecule has 3 N–H and O–H groups in total. The highest BCUT2D eigenvalue weighted by molar-refractivity contribution is 6.33. The highest BCUT2D eigenvalue weighted by atomic mass is 35.5. The SMILES string of the molecule is Cc1ccnc(C(C)C)c1-n1c(=O)nc(N2CCN[C@H](C)C2)c2cc(F)c(-c3c(F)c(N)c(F)c(F)c3Cl)nc21. The minimum Gasteiger partial charge on any atom is -0.394 e. The third-order valence-electron chi connectivity index (χ3n) is 6.93. The molecule has 0 spiro atoms. The number of anilines is 2. The number of hydrogen-bond donors (Lipinski definition) is 2. The Morgan fingerprint density at radius 2 is 1.88 bits per heavy atom. The third-order valence-corrected chi connectivity index (χ3v) is 7.28. The molecule has 210 valence electrons. The Kier molecular flexibility index (Phi) is 7.17. The molecule has 1 aliphatic heterocycles. The maximum Gasteiger partial charge on any atom is 0.355 e. The number of fused-ring (bicyclic) bond motifs is 1. The van der Waals surface area contributed by atoms with Crippen molar-refractivity contribution < 1.29 is 17.6 Å². The van der Waals surface area contributed by atoms with E-state index in [4.69, 9.17) is 17.3 Å². The van der Waals surface area contributed by atoms with Crippen molar-refractivity contribution in [2.45, 2.75) is 39.7 Å². The van der Waals surface area contributed by atoms with Crippen LogP contribution in [0.3, 0.4) is 0 Å². The summed E-state index contributed by atoms with van der Waals surface area (Å²) < 4.78 is 60.7. The van der Waals surface area contributed by atoms with Crippen molar-refractivity contribution in [2.24, 2.45) is 0 Å². The molecule has 1 saturated heterocycles. The zero-order chi connectivity index (χ0) is 29.0. The number of nitrogen functional groups attached to an aromatic ring is 1. The molecule has 0 amide bonds. The van der Waals surface area contributed by atoms with Gasteiger partial charge in [0.15, 0.2) is 28.9 Å². The van der Waals surface area contributed by atoms with Crippen LogP contribution in [0.2, 0.25) is 5.02 Å². The molecule has 0 bridgehead atoms. The van der Waals surface area contributed by atoms with E-state index in [0.29, 0.717) is 36.6 Å². The molecule has 0 saturated carbocycles. The van der Waals surface area contributed by atoms with Crippen LogP contribution in [0.5, 0.6) is 0 Å². The summed E-state index contributed by atoms with van der Waals surface area (Å²) in [5.41, 5.74) is 3.40. The fraction of sp³-hybridized carbons (Fsp3) is 0.333. The second-order valence-corrected chi connectivity index (χ2v) is 10.5. The minimum atomic E-state index is -1.70. The summed E-state index contributed by atoms with van der Waals surface area (Å²) in [4.78, 5) is 28.7. The molecule has 40 heavy (non-hydrogen) atoms. The van der Waals surface area contributed by atoms with Crippen LogP contribution in [0.25, 0.3) is 28.0 Å². The van der Waals surface area contributed by atoms with Crippen molar-refractivity contribution in [3.63, 3.8) is 0 Å². The number of aryl methyl sites for hydroxylation is 1. The summed E-state index contributed by atoms with van der Waals surface area (Å²) in [6.07, 6.45) is 1.60. The molecule has 8 nitrogen and oxygen atoms in total. The summed E-state index contributed by atoms with van der Waals surface area (Å²) in [6, 6.07) is 2.79. The van der Waals surface area contributed by atoms with Crippen LogP contribution in [0.4, 0.5) is 29.1 Å². The van der Waals surface area contributed by atoms with E-state index in [1.807, 2.05) is 25.7 Å². The number of benzene rings is 1. The van der Waals surface area contributed by atoms with Gasteiger partial charge in [0.25, 0.3) is 0 Å². The Balaban J connectivity index is 1.93. The van der Waals surface area contributed by atoms with E-state index in [9.17, 15) is 13.6 Å². The van der Waals surface area contributed by atoms with Gasteiger partial charge in [0.2, 0.25) is 0 Å². The lowest BCUT2D eigenvalue weighted by Crippen LogP contribution is -2.50. The molecule has 1 fully saturated rings. The van der Waals surface area contributed by atoms with Crippen molar-refractivity contribution >= 4 is 34.1 Å². The van der Waals surface area contributed by atoms with Gasteiger partial charge in [-0.25, -0.2) is 31.9 Å². The van der Waals surface area contributed by atoms with Crippen molar-refractivity contribution in [3.05, 3.63) is 68.4 Å². The third kappa shape index (κ3) is 4.44. The zero-order valence-electron chi connectivity index (χ0n) is 22.1. The quantitative estimate of drug-likeness (QED) is 0.155. The lowest BCUT2D eigenvalue weighted by molar-refractivity contribution is 0.482. The summed E-state index contributed by atoms with van der Waals surface area (Å²) in [5.74, 6) is -5.87. The average molecular weight is 576 g/mol. The largest absolute Gasteiger partial charge is 0.394 e. The lowest BCUT2D eigenvalue weighted by atomic mass is 10.0. The molecule has 1 atom stereocenters. The number of hydrogen-bond acceptors (Lipinski definition) is 7. The Morgan fingerprint density at radius 1 is 1.15 bits per heavy atom. The van der Waals surface area contributed by atoms with Gasteiger partial charge in [0.05, 0.1) is 27.4 Å². The van der Waals surface area contributed by atoms with Crippen molar-refractivity contribution in [1.82, 2.24) is 24.8 Å². The second-order valence-electron chi connectivity index (χ2n) is 10.1. The summed E-state index contributed by atoms with van der Waals surface area (Å²) >= 11 is 5.96. The van der Waals surface area contributed by atoms with Crippen molar-refractivity contribution in [2.75, 3.05) is 30.3 Å². The normalized spacial score (nSPS) is 15.8. The van der Waals surface area contributed by atoms with Gasteiger partial charge in [-0.05, 0) is 37.5 Å². The number of halogens is 5. The number of aromatic nitrogens is 4. The summed E-state index contributed by atoms with van der Waals surface area (Å²) in [6.45, 7) is 9.04. The van der Waals surface area contributed by atoms with Gasteiger partial charge >= 0.3 is 5.69 Å². The minimum absolute atomic E-state index is 0.0521. The molecule has 1 aliphatic rings. The first-order valence-electron chi connectivity index (χ1n) is 12.6. The van der Waals surface area contributed by atoms with Gasteiger partial charge in [0, 0.05) is 31.9 Å². The van der Waals surface area contributed by atoms with Crippen LogP contribution in [0.1, 0.15) is 37.9 Å². The first kappa shape index (κ1) is 27.8. The van der Waals surface area contributed by atoms with Gasteiger partial charge in [0.1, 0.15) is 17.2 Å². The number of nitrogens with one attached hydrogen (secondary N) is 1. The molecule has 1 aromatic carbocycles. The highest BCUT2D eigenvalue weighted by Gasteiger charge is 2.30. The first-order chi connectivity index (χ1) is 18.9. The summed E-state index contributed by atoms with van der Waals surface area (Å²) in [7, 11) is 0. The lowest BCUT2D eigenvalue weighted by Gasteiger charge is -2.33. The van der Waals surface area contributed by atoms with Crippen molar-refractivity contribution in [3.8, 4) is 16.9 Å². The highest BCUT2D eigenvalue weighted by Crippen LogP contribution is 2.40. The molecular formula is C27H26ClF4N7O. The first-order valence-corrected chi connectivity index (χ1v) is 13.0. The fourth-order valence-electron chi connectivity index (χ4n) is 4.99. The molecule has 0 aliphatic carbocycles. The average Bonchev–Trinajstić information content (AvgIpc) is 2.91. The smallest absolute Gasteiger partial charge is 0.355 e. The fourth-order valence-corrected chi connectivity index (χ4v) is 5.25. The van der Waals surface area contributed by atoms with Crippen LogP contribution in [0, 0.1) is 30.2 Å². The Bertz CT molecular complexity index is 1700. The van der Waals surface area contributed by atoms with E-state index in [1.54, 1.807) is 19.2 Å². The van der Waals surface area contributed by atoms with Gasteiger partial charge in [-0.15, -0.1) is 0 Å². The molecule has 13 heteroatoms. The van der Waals surface area contributed by atoms with Gasteiger partial charge in [-0.3, -0.25) is 4.98 Å². The number of piperazine rings is 1. The van der Waals surface area contributed by atoms with Crippen LogP contribution >= 0.6 is 11.6 Å². The van der Waals surface area contributed by atoms with Gasteiger partial charge < -0.3 is 16.0 Å². The van der Waals surface area contributed by atoms with E-state index in [1.165, 1.54) is 4.57 Å². The van der Waals surface area contributed by atoms with E-state index < -0.39 is 50.9 Å². The Labute approximate surface area is 231 Å². The summed E-state index contributed by atoms with van der Waals surface area (Å²) in [5, 5.41) is 2.41. The Morgan fingerprint density at radius 3 is 2.55 bits per heavy atom. The molecule has 5 rings (SSSR count). The van der Waals surface area contributed by atoms with Gasteiger partial charge in [-0.1, -0.05) is 25.4 Å². The zero-order valence-corrected chi connectivity index (χ0v) is 22.9. The number of nitrogens with zero attached hydrogens (tertiary/aromatic N) is 5. The second kappa shape index (κ2) is 10.3. The predicted molar refractivity (Wildman–Crippen MR) is 146 cm³/mol. The Hall–Kier alpha value is -3.77.